The van der Waals surface area contributed by atoms with Gasteiger partial charge in [-0.05, 0) is 54.6 Å². The highest BCUT2D eigenvalue weighted by molar-refractivity contribution is 6.32. The van der Waals surface area contributed by atoms with Crippen molar-refractivity contribution in [2.45, 2.75) is 0 Å². The van der Waals surface area contributed by atoms with Crippen LogP contribution in [0.3, 0.4) is 0 Å². The van der Waals surface area contributed by atoms with Crippen molar-refractivity contribution in [3.8, 4) is 28.6 Å². The molecule has 0 atom stereocenters. The molecule has 148 valence electrons. The summed E-state index contributed by atoms with van der Waals surface area (Å²) in [6.07, 6.45) is 0. The quantitative estimate of drug-likeness (QED) is 0.397. The minimum atomic E-state index is 0.506. The molecular formula is C23H17ClN4O2. The maximum absolute atomic E-state index is 6.42. The van der Waals surface area contributed by atoms with Crippen LogP contribution < -0.4 is 9.47 Å². The molecule has 0 radical (unpaired) electrons. The van der Waals surface area contributed by atoms with Crippen LogP contribution in [0.4, 0.5) is 0 Å². The third-order valence-corrected chi connectivity index (χ3v) is 5.21. The number of hydrogen-bond acceptors (Lipinski definition) is 5. The van der Waals surface area contributed by atoms with Crippen LogP contribution >= 0.6 is 11.6 Å². The number of imidazole rings is 1. The summed E-state index contributed by atoms with van der Waals surface area (Å²) in [5.41, 5.74) is 4.54. The normalized spacial score (nSPS) is 11.2. The number of ether oxygens (including phenoxy) is 2. The maximum Gasteiger partial charge on any atom is 0.199 e. The fraction of sp³-hybridized carbons (Fsp3) is 0.0870. The monoisotopic (exact) mass is 416 g/mol. The van der Waals surface area contributed by atoms with Crippen LogP contribution in [0.1, 0.15) is 0 Å². The van der Waals surface area contributed by atoms with Crippen molar-refractivity contribution in [1.29, 1.82) is 0 Å². The molecule has 0 fully saturated rings. The molecule has 7 heteroatoms. The number of para-hydroxylation sites is 2. The Hall–Kier alpha value is -3.64. The maximum atomic E-state index is 6.42. The summed E-state index contributed by atoms with van der Waals surface area (Å²) in [5.74, 6) is 2.09. The molecule has 0 unspecified atom stereocenters. The van der Waals surface area contributed by atoms with Crippen molar-refractivity contribution in [2.75, 3.05) is 14.2 Å². The largest absolute Gasteiger partial charge is 0.497 e. The molecule has 0 amide bonds. The Balaban J connectivity index is 1.82. The number of aromatic nitrogens is 4. The lowest BCUT2D eigenvalue weighted by Crippen LogP contribution is -2.00. The van der Waals surface area contributed by atoms with Gasteiger partial charge in [-0.15, -0.1) is 0 Å². The van der Waals surface area contributed by atoms with Crippen LogP contribution in [-0.4, -0.2) is 33.7 Å². The van der Waals surface area contributed by atoms with Crippen LogP contribution in [0.15, 0.2) is 66.7 Å². The molecule has 2 heterocycles. The molecule has 0 saturated heterocycles. The first-order valence-corrected chi connectivity index (χ1v) is 9.69. The Bertz CT molecular complexity index is 1380. The summed E-state index contributed by atoms with van der Waals surface area (Å²) in [4.78, 5) is 14.4. The standard InChI is InChI=1S/C23H17ClN4O2/c1-29-16-10-7-14(8-11-16)22-27-21-23(26-19-6-4-3-5-18(19)25-21)28(22)15-9-12-20(30-2)17(24)13-15/h3-13H,1-2H3. The first-order chi connectivity index (χ1) is 14.7. The van der Waals surface area contributed by atoms with Gasteiger partial charge in [0, 0.05) is 5.56 Å². The van der Waals surface area contributed by atoms with E-state index in [4.69, 9.17) is 36.0 Å². The van der Waals surface area contributed by atoms with Crippen molar-refractivity contribution < 1.29 is 9.47 Å². The lowest BCUT2D eigenvalue weighted by Gasteiger charge is -2.11. The highest BCUT2D eigenvalue weighted by atomic mass is 35.5. The molecule has 0 aliphatic heterocycles. The molecule has 0 N–H and O–H groups in total. The Morgan fingerprint density at radius 1 is 0.800 bits per heavy atom. The summed E-state index contributed by atoms with van der Waals surface area (Å²) >= 11 is 6.42. The molecule has 5 rings (SSSR count). The van der Waals surface area contributed by atoms with Gasteiger partial charge in [-0.2, -0.15) is 0 Å². The van der Waals surface area contributed by atoms with E-state index < -0.39 is 0 Å². The third kappa shape index (κ3) is 3.02. The first-order valence-electron chi connectivity index (χ1n) is 9.31. The van der Waals surface area contributed by atoms with Crippen molar-refractivity contribution >= 4 is 33.9 Å². The Kier molecular flexibility index (Phi) is 4.48. The van der Waals surface area contributed by atoms with Crippen molar-refractivity contribution in [1.82, 2.24) is 19.5 Å². The minimum Gasteiger partial charge on any atom is -0.497 e. The van der Waals surface area contributed by atoms with Gasteiger partial charge in [-0.3, -0.25) is 4.57 Å². The van der Waals surface area contributed by atoms with Gasteiger partial charge in [0.15, 0.2) is 11.3 Å². The van der Waals surface area contributed by atoms with Gasteiger partial charge < -0.3 is 9.47 Å². The smallest absolute Gasteiger partial charge is 0.199 e. The molecular weight excluding hydrogens is 400 g/mol. The number of benzene rings is 3. The predicted octanol–water partition coefficient (Wildman–Crippen LogP) is 5.31. The van der Waals surface area contributed by atoms with Crippen molar-refractivity contribution in [3.63, 3.8) is 0 Å². The lowest BCUT2D eigenvalue weighted by atomic mass is 10.2. The van der Waals surface area contributed by atoms with E-state index in [2.05, 4.69) is 0 Å². The molecule has 0 aliphatic rings. The fourth-order valence-corrected chi connectivity index (χ4v) is 3.68. The number of nitrogens with zero attached hydrogens (tertiary/aromatic N) is 4. The second-order valence-corrected chi connectivity index (χ2v) is 7.08. The zero-order chi connectivity index (χ0) is 20.7. The van der Waals surface area contributed by atoms with E-state index >= 15 is 0 Å². The van der Waals surface area contributed by atoms with Gasteiger partial charge in [0.05, 0.1) is 36.0 Å². The van der Waals surface area contributed by atoms with Crippen molar-refractivity contribution in [2.24, 2.45) is 0 Å². The third-order valence-electron chi connectivity index (χ3n) is 4.91. The average Bonchev–Trinajstić information content (AvgIpc) is 3.15. The van der Waals surface area contributed by atoms with Gasteiger partial charge >= 0.3 is 0 Å². The van der Waals surface area contributed by atoms with E-state index in [1.807, 2.05) is 71.3 Å². The van der Waals surface area contributed by atoms with E-state index in [0.717, 1.165) is 28.0 Å². The summed E-state index contributed by atoms with van der Waals surface area (Å²) in [6, 6.07) is 21.1. The SMILES string of the molecule is COc1ccc(-c2nc3nc4ccccc4nc3n2-c2ccc(OC)c(Cl)c2)cc1. The number of halogens is 1. The lowest BCUT2D eigenvalue weighted by molar-refractivity contribution is 0.415. The Morgan fingerprint density at radius 2 is 1.53 bits per heavy atom. The van der Waals surface area contributed by atoms with E-state index in [1.54, 1.807) is 14.2 Å². The van der Waals surface area contributed by atoms with E-state index in [-0.39, 0.29) is 0 Å². The zero-order valence-corrected chi connectivity index (χ0v) is 17.1. The van der Waals surface area contributed by atoms with Crippen LogP contribution in [0.25, 0.3) is 39.4 Å². The molecule has 0 saturated carbocycles. The first kappa shape index (κ1) is 18.4. The van der Waals surface area contributed by atoms with Gasteiger partial charge in [0.1, 0.15) is 17.3 Å². The van der Waals surface area contributed by atoms with Gasteiger partial charge in [0.2, 0.25) is 0 Å². The molecule has 3 aromatic carbocycles. The highest BCUT2D eigenvalue weighted by Gasteiger charge is 2.18. The molecule has 30 heavy (non-hydrogen) atoms. The Labute approximate surface area is 177 Å². The predicted molar refractivity (Wildman–Crippen MR) is 118 cm³/mol. The number of rotatable bonds is 4. The van der Waals surface area contributed by atoms with Crippen molar-refractivity contribution in [3.05, 3.63) is 71.8 Å². The van der Waals surface area contributed by atoms with Gasteiger partial charge in [-0.1, -0.05) is 23.7 Å². The number of hydrogen-bond donors (Lipinski definition) is 0. The highest BCUT2D eigenvalue weighted by Crippen LogP contribution is 2.32. The summed E-state index contributed by atoms with van der Waals surface area (Å²) in [5, 5.41) is 0.506. The average molecular weight is 417 g/mol. The van der Waals surface area contributed by atoms with E-state index in [9.17, 15) is 0 Å². The summed E-state index contributed by atoms with van der Waals surface area (Å²) < 4.78 is 12.6. The Morgan fingerprint density at radius 3 is 2.20 bits per heavy atom. The molecule has 6 nitrogen and oxygen atoms in total. The molecule has 5 aromatic rings. The van der Waals surface area contributed by atoms with E-state index in [0.29, 0.717) is 27.9 Å². The fourth-order valence-electron chi connectivity index (χ4n) is 3.43. The van der Waals surface area contributed by atoms with Crippen LogP contribution in [0.2, 0.25) is 5.02 Å². The van der Waals surface area contributed by atoms with Crippen LogP contribution in [0, 0.1) is 0 Å². The molecule has 2 aromatic heterocycles. The van der Waals surface area contributed by atoms with Crippen LogP contribution in [-0.2, 0) is 0 Å². The second-order valence-electron chi connectivity index (χ2n) is 6.68. The molecule has 0 aliphatic carbocycles. The summed E-state index contributed by atoms with van der Waals surface area (Å²) in [6.45, 7) is 0. The minimum absolute atomic E-state index is 0.506. The van der Waals surface area contributed by atoms with Gasteiger partial charge in [0.25, 0.3) is 0 Å². The topological polar surface area (TPSA) is 62.1 Å². The van der Waals surface area contributed by atoms with Gasteiger partial charge in [-0.25, -0.2) is 15.0 Å². The number of methoxy groups -OCH3 is 2. The zero-order valence-electron chi connectivity index (χ0n) is 16.3. The second kappa shape index (κ2) is 7.31. The van der Waals surface area contributed by atoms with Crippen LogP contribution in [0.5, 0.6) is 11.5 Å². The van der Waals surface area contributed by atoms with E-state index in [1.165, 1.54) is 0 Å². The number of fused-ring (bicyclic) bond motifs is 2. The summed E-state index contributed by atoms with van der Waals surface area (Å²) in [7, 11) is 3.23. The molecule has 0 spiro atoms. The molecule has 0 bridgehead atoms.